The quantitative estimate of drug-likeness (QED) is 0.777. The normalized spacial score (nSPS) is 26.7. The molecule has 1 aromatic rings. The zero-order valence-corrected chi connectivity index (χ0v) is 13.2. The molecule has 1 aliphatic rings. The average Bonchev–Trinajstić information content (AvgIpc) is 2.39. The minimum atomic E-state index is -0.389. The van der Waals surface area contributed by atoms with Crippen molar-refractivity contribution in [2.24, 2.45) is 5.92 Å². The van der Waals surface area contributed by atoms with Crippen LogP contribution in [0.2, 0.25) is 5.15 Å². The topological polar surface area (TPSA) is 44.2 Å². The average molecular weight is 299 g/mol. The number of hydrogen-bond acceptors (Lipinski definition) is 4. The van der Waals surface area contributed by atoms with Crippen molar-refractivity contribution in [3.05, 3.63) is 22.7 Å². The molecule has 1 heterocycles. The zero-order chi connectivity index (χ0) is 14.6. The lowest BCUT2D eigenvalue weighted by molar-refractivity contribution is -0.0883. The lowest BCUT2D eigenvalue weighted by Gasteiger charge is -2.38. The molecule has 20 heavy (non-hydrogen) atoms. The van der Waals surface area contributed by atoms with Crippen molar-refractivity contribution in [3.8, 4) is 0 Å². The summed E-state index contributed by atoms with van der Waals surface area (Å²) < 4.78 is 11.2. The van der Waals surface area contributed by atoms with E-state index in [0.717, 1.165) is 25.0 Å². The highest BCUT2D eigenvalue weighted by Crippen LogP contribution is 2.41. The number of rotatable bonds is 5. The van der Waals surface area contributed by atoms with Crippen LogP contribution in [0.1, 0.15) is 51.0 Å². The summed E-state index contributed by atoms with van der Waals surface area (Å²) in [6.07, 6.45) is 4.28. The first-order valence-corrected chi connectivity index (χ1v) is 7.64. The van der Waals surface area contributed by atoms with Gasteiger partial charge in [-0.2, -0.15) is 0 Å². The van der Waals surface area contributed by atoms with Crippen molar-refractivity contribution in [1.82, 2.24) is 9.97 Å². The van der Waals surface area contributed by atoms with Gasteiger partial charge in [-0.1, -0.05) is 24.9 Å². The van der Waals surface area contributed by atoms with Crippen LogP contribution in [0.3, 0.4) is 0 Å². The minimum Gasteiger partial charge on any atom is -0.378 e. The van der Waals surface area contributed by atoms with E-state index in [1.165, 1.54) is 6.42 Å². The molecular formula is C15H23ClN2O2. The van der Waals surface area contributed by atoms with Crippen LogP contribution in [0.4, 0.5) is 0 Å². The van der Waals surface area contributed by atoms with E-state index in [1.807, 2.05) is 6.92 Å². The maximum Gasteiger partial charge on any atom is 0.162 e. The smallest absolute Gasteiger partial charge is 0.162 e. The molecular weight excluding hydrogens is 276 g/mol. The second kappa shape index (κ2) is 6.83. The zero-order valence-electron chi connectivity index (χ0n) is 12.5. The predicted molar refractivity (Wildman–Crippen MR) is 78.7 cm³/mol. The van der Waals surface area contributed by atoms with Gasteiger partial charge in [0.15, 0.2) is 5.82 Å². The van der Waals surface area contributed by atoms with Crippen LogP contribution in [0, 0.1) is 5.92 Å². The predicted octanol–water partition coefficient (Wildman–Crippen LogP) is 3.72. The van der Waals surface area contributed by atoms with Crippen LogP contribution in [0.25, 0.3) is 0 Å². The van der Waals surface area contributed by atoms with E-state index in [2.05, 4.69) is 16.9 Å². The van der Waals surface area contributed by atoms with E-state index in [4.69, 9.17) is 21.1 Å². The Morgan fingerprint density at radius 3 is 2.90 bits per heavy atom. The van der Waals surface area contributed by atoms with Gasteiger partial charge in [0, 0.05) is 13.7 Å². The molecule has 0 radical (unpaired) electrons. The van der Waals surface area contributed by atoms with Gasteiger partial charge in [0.2, 0.25) is 0 Å². The number of halogens is 1. The molecule has 0 aromatic carbocycles. The lowest BCUT2D eigenvalue weighted by atomic mass is 9.78. The van der Waals surface area contributed by atoms with Gasteiger partial charge in [0.1, 0.15) is 10.8 Å². The summed E-state index contributed by atoms with van der Waals surface area (Å²) in [6, 6.07) is 1.75. The molecule has 2 unspecified atom stereocenters. The highest BCUT2D eigenvalue weighted by molar-refractivity contribution is 6.29. The minimum absolute atomic E-state index is 0.389. The Balaban J connectivity index is 2.37. The number of nitrogens with zero attached hydrogens (tertiary/aromatic N) is 2. The van der Waals surface area contributed by atoms with E-state index in [1.54, 1.807) is 13.2 Å². The lowest BCUT2D eigenvalue weighted by Crippen LogP contribution is -2.37. The maximum absolute atomic E-state index is 6.14. The van der Waals surface area contributed by atoms with Gasteiger partial charge >= 0.3 is 0 Å². The van der Waals surface area contributed by atoms with Gasteiger partial charge in [0.25, 0.3) is 0 Å². The highest BCUT2D eigenvalue weighted by Gasteiger charge is 2.40. The van der Waals surface area contributed by atoms with Crippen molar-refractivity contribution in [2.75, 3.05) is 13.7 Å². The summed E-state index contributed by atoms with van der Waals surface area (Å²) in [6.45, 7) is 5.37. The first-order chi connectivity index (χ1) is 9.59. The van der Waals surface area contributed by atoms with Crippen molar-refractivity contribution >= 4 is 11.6 Å². The molecule has 0 saturated heterocycles. The van der Waals surface area contributed by atoms with Gasteiger partial charge in [-0.05, 0) is 38.2 Å². The van der Waals surface area contributed by atoms with E-state index < -0.39 is 0 Å². The summed E-state index contributed by atoms with van der Waals surface area (Å²) >= 11 is 6.14. The van der Waals surface area contributed by atoms with E-state index in [0.29, 0.717) is 30.1 Å². The second-order valence-corrected chi connectivity index (χ2v) is 5.95. The Morgan fingerprint density at radius 2 is 2.25 bits per heavy atom. The monoisotopic (exact) mass is 298 g/mol. The summed E-state index contributed by atoms with van der Waals surface area (Å²) in [5, 5.41) is 0.458. The molecule has 2 rings (SSSR count). The molecule has 0 bridgehead atoms. The fourth-order valence-electron chi connectivity index (χ4n) is 3.07. The maximum atomic E-state index is 6.14. The van der Waals surface area contributed by atoms with E-state index in [9.17, 15) is 0 Å². The van der Waals surface area contributed by atoms with E-state index >= 15 is 0 Å². The second-order valence-electron chi connectivity index (χ2n) is 5.57. The van der Waals surface area contributed by atoms with Crippen molar-refractivity contribution in [1.29, 1.82) is 0 Å². The molecule has 1 aromatic heterocycles. The summed E-state index contributed by atoms with van der Waals surface area (Å²) in [7, 11) is 1.65. The summed E-state index contributed by atoms with van der Waals surface area (Å²) in [4.78, 5) is 9.07. The Hall–Kier alpha value is -0.710. The Morgan fingerprint density at radius 1 is 1.45 bits per heavy atom. The Bertz CT molecular complexity index is 451. The van der Waals surface area contributed by atoms with E-state index in [-0.39, 0.29) is 5.60 Å². The molecule has 0 amide bonds. The van der Waals surface area contributed by atoms with Crippen LogP contribution < -0.4 is 0 Å². The molecule has 1 aliphatic carbocycles. The molecule has 0 spiro atoms. The van der Waals surface area contributed by atoms with Crippen LogP contribution in [-0.4, -0.2) is 23.7 Å². The van der Waals surface area contributed by atoms with Crippen molar-refractivity contribution in [3.63, 3.8) is 0 Å². The van der Waals surface area contributed by atoms with Gasteiger partial charge in [-0.25, -0.2) is 9.97 Å². The first-order valence-electron chi connectivity index (χ1n) is 7.26. The van der Waals surface area contributed by atoms with Crippen LogP contribution in [0.5, 0.6) is 0 Å². The molecule has 112 valence electrons. The third-order valence-electron chi connectivity index (χ3n) is 3.82. The Kier molecular flexibility index (Phi) is 5.35. The molecule has 4 nitrogen and oxygen atoms in total. The first kappa shape index (κ1) is 15.7. The Labute approximate surface area is 125 Å². The highest BCUT2D eigenvalue weighted by atomic mass is 35.5. The van der Waals surface area contributed by atoms with Crippen molar-refractivity contribution < 1.29 is 9.47 Å². The molecule has 0 N–H and O–H groups in total. The number of ether oxygens (including phenoxy) is 2. The number of hydrogen-bond donors (Lipinski definition) is 0. The van der Waals surface area contributed by atoms with Crippen LogP contribution >= 0.6 is 11.6 Å². The molecule has 2 atom stereocenters. The fourth-order valence-corrected chi connectivity index (χ4v) is 3.27. The third-order valence-corrected chi connectivity index (χ3v) is 4.02. The molecule has 1 fully saturated rings. The van der Waals surface area contributed by atoms with Gasteiger partial charge < -0.3 is 9.47 Å². The fraction of sp³-hybridized carbons (Fsp3) is 0.733. The van der Waals surface area contributed by atoms with Gasteiger partial charge in [-0.3, -0.25) is 0 Å². The summed E-state index contributed by atoms with van der Waals surface area (Å²) in [5.74, 6) is 1.33. The number of aromatic nitrogens is 2. The molecule has 1 saturated carbocycles. The van der Waals surface area contributed by atoms with Crippen LogP contribution in [0.15, 0.2) is 6.07 Å². The standard InChI is InChI=1S/C15H23ClN2O2/c1-4-20-15(7-5-6-11(2)9-15)14-17-12(10-19-3)8-13(16)18-14/h8,11H,4-7,9-10H2,1-3H3. The van der Waals surface area contributed by atoms with Crippen molar-refractivity contribution in [2.45, 2.75) is 51.7 Å². The number of methoxy groups -OCH3 is 1. The largest absolute Gasteiger partial charge is 0.378 e. The van der Waals surface area contributed by atoms with Crippen LogP contribution in [-0.2, 0) is 21.7 Å². The molecule has 5 heteroatoms. The third kappa shape index (κ3) is 3.48. The van der Waals surface area contributed by atoms with Gasteiger partial charge in [0.05, 0.1) is 12.3 Å². The van der Waals surface area contributed by atoms with Gasteiger partial charge in [-0.15, -0.1) is 0 Å². The SMILES string of the molecule is CCOC1(c2nc(Cl)cc(COC)n2)CCCC(C)C1. The summed E-state index contributed by atoms with van der Waals surface area (Å²) in [5.41, 5.74) is 0.416. The molecule has 0 aliphatic heterocycles.